The van der Waals surface area contributed by atoms with E-state index in [1.165, 1.54) is 12.8 Å². The molecule has 0 aromatic carbocycles. The summed E-state index contributed by atoms with van der Waals surface area (Å²) in [4.78, 5) is 35.8. The maximum absolute atomic E-state index is 13.1. The Morgan fingerprint density at radius 3 is 2.67 bits per heavy atom. The minimum absolute atomic E-state index is 0.0117. The number of rotatable bonds is 4. The molecule has 0 saturated carbocycles. The van der Waals surface area contributed by atoms with Crippen molar-refractivity contribution in [2.45, 2.75) is 38.5 Å². The van der Waals surface area contributed by atoms with E-state index in [1.807, 2.05) is 35.5 Å². The Labute approximate surface area is 194 Å². The summed E-state index contributed by atoms with van der Waals surface area (Å²) >= 11 is 0. The third kappa shape index (κ3) is 4.72. The number of nitrogens with zero attached hydrogens (tertiary/aromatic N) is 6. The summed E-state index contributed by atoms with van der Waals surface area (Å²) < 4.78 is 0. The van der Waals surface area contributed by atoms with Gasteiger partial charge in [0.2, 0.25) is 5.95 Å². The molecule has 5 heterocycles. The van der Waals surface area contributed by atoms with E-state index in [0.717, 1.165) is 55.2 Å². The van der Waals surface area contributed by atoms with Crippen LogP contribution in [0.1, 0.15) is 54.7 Å². The van der Waals surface area contributed by atoms with Gasteiger partial charge in [-0.15, -0.1) is 0 Å². The first-order valence-electron chi connectivity index (χ1n) is 11.9. The first-order valence-corrected chi connectivity index (χ1v) is 11.9. The van der Waals surface area contributed by atoms with E-state index in [9.17, 15) is 4.79 Å². The molecule has 0 bridgehead atoms. The predicted octanol–water partition coefficient (Wildman–Crippen LogP) is 4.19. The minimum atomic E-state index is -0.0117. The summed E-state index contributed by atoms with van der Waals surface area (Å²) in [6.45, 7) is 5.65. The predicted molar refractivity (Wildman–Crippen MR) is 128 cm³/mol. The monoisotopic (exact) mass is 442 g/mol. The van der Waals surface area contributed by atoms with E-state index in [2.05, 4.69) is 27.9 Å². The van der Waals surface area contributed by atoms with E-state index in [4.69, 9.17) is 9.97 Å². The number of aromatic nitrogens is 4. The third-order valence-electron chi connectivity index (χ3n) is 6.70. The molecule has 3 aromatic heterocycles. The molecule has 0 unspecified atom stereocenters. The van der Waals surface area contributed by atoms with E-state index >= 15 is 0 Å². The van der Waals surface area contributed by atoms with E-state index < -0.39 is 0 Å². The Balaban J connectivity index is 1.48. The van der Waals surface area contributed by atoms with Gasteiger partial charge in [0.1, 0.15) is 5.69 Å². The van der Waals surface area contributed by atoms with Crippen molar-refractivity contribution in [2.24, 2.45) is 5.92 Å². The van der Waals surface area contributed by atoms with E-state index in [-0.39, 0.29) is 11.8 Å². The van der Waals surface area contributed by atoms with Crippen LogP contribution in [0.25, 0.3) is 11.1 Å². The van der Waals surface area contributed by atoms with Gasteiger partial charge < -0.3 is 9.80 Å². The molecule has 0 radical (unpaired) electrons. The van der Waals surface area contributed by atoms with Gasteiger partial charge in [-0.2, -0.15) is 0 Å². The van der Waals surface area contributed by atoms with Gasteiger partial charge in [0, 0.05) is 68.0 Å². The van der Waals surface area contributed by atoms with Crippen molar-refractivity contribution < 1.29 is 4.79 Å². The highest BCUT2D eigenvalue weighted by molar-refractivity contribution is 5.92. The van der Waals surface area contributed by atoms with Gasteiger partial charge in [-0.05, 0) is 49.8 Å². The molecule has 1 amide bonds. The maximum atomic E-state index is 13.1. The lowest BCUT2D eigenvalue weighted by molar-refractivity contribution is 0.0700. The number of hydrogen-bond acceptors (Lipinski definition) is 6. The fourth-order valence-electron chi connectivity index (χ4n) is 5.00. The summed E-state index contributed by atoms with van der Waals surface area (Å²) in [6.07, 6.45) is 11.6. The van der Waals surface area contributed by atoms with E-state index in [0.29, 0.717) is 18.2 Å². The van der Waals surface area contributed by atoms with Crippen molar-refractivity contribution in [1.82, 2.24) is 24.8 Å². The Morgan fingerprint density at radius 1 is 0.970 bits per heavy atom. The zero-order valence-electron chi connectivity index (χ0n) is 19.1. The molecule has 3 aromatic rings. The van der Waals surface area contributed by atoms with Crippen LogP contribution in [0.15, 0.2) is 55.1 Å². The average molecular weight is 443 g/mol. The number of anilines is 1. The van der Waals surface area contributed by atoms with Crippen LogP contribution in [0.3, 0.4) is 0 Å². The zero-order valence-corrected chi connectivity index (χ0v) is 19.1. The summed E-state index contributed by atoms with van der Waals surface area (Å²) in [6, 6.07) is 9.47. The number of hydrogen-bond donors (Lipinski definition) is 0. The van der Waals surface area contributed by atoms with Gasteiger partial charge in [0.25, 0.3) is 5.91 Å². The smallest absolute Gasteiger partial charge is 0.272 e. The first kappa shape index (κ1) is 21.5. The standard InChI is InChI=1S/C26H30N6O/c1-19-7-5-14-32(17-19)26-29-16-22(20-8-4-11-27-15-20)24(30-26)21-9-6-13-31(18-21)25(33)23-10-2-3-12-28-23/h2-4,8,10-12,15-16,19,21H,5-7,9,13-14,17-18H2,1H3/t19-,21+/m1/s1. The molecular weight excluding hydrogens is 412 g/mol. The molecule has 170 valence electrons. The number of piperidine rings is 2. The quantitative estimate of drug-likeness (QED) is 0.603. The van der Waals surface area contributed by atoms with Crippen molar-refractivity contribution in [3.63, 3.8) is 0 Å². The minimum Gasteiger partial charge on any atom is -0.341 e. The summed E-state index contributed by atoms with van der Waals surface area (Å²) in [5, 5.41) is 0. The number of likely N-dealkylation sites (tertiary alicyclic amines) is 1. The molecule has 2 fully saturated rings. The number of amides is 1. The molecule has 2 aliphatic rings. The van der Waals surface area contributed by atoms with Gasteiger partial charge >= 0.3 is 0 Å². The Bertz CT molecular complexity index is 1090. The van der Waals surface area contributed by atoms with Crippen LogP contribution in [0, 0.1) is 5.92 Å². The molecule has 2 atom stereocenters. The lowest BCUT2D eigenvalue weighted by Crippen LogP contribution is -2.40. The average Bonchev–Trinajstić information content (AvgIpc) is 2.89. The van der Waals surface area contributed by atoms with Crippen molar-refractivity contribution in [3.8, 4) is 11.1 Å². The molecule has 7 nitrogen and oxygen atoms in total. The second-order valence-electron chi connectivity index (χ2n) is 9.21. The van der Waals surface area contributed by atoms with Gasteiger partial charge in [-0.25, -0.2) is 9.97 Å². The van der Waals surface area contributed by atoms with Gasteiger partial charge in [-0.3, -0.25) is 14.8 Å². The lowest BCUT2D eigenvalue weighted by Gasteiger charge is -2.34. The number of carbonyl (C=O) groups is 1. The van der Waals surface area contributed by atoms with E-state index in [1.54, 1.807) is 18.5 Å². The van der Waals surface area contributed by atoms with Gasteiger partial charge in [0.05, 0.1) is 5.69 Å². The molecule has 2 saturated heterocycles. The normalized spacial score (nSPS) is 21.1. The third-order valence-corrected chi connectivity index (χ3v) is 6.70. The summed E-state index contributed by atoms with van der Waals surface area (Å²) in [5.41, 5.74) is 3.54. The molecule has 0 aliphatic carbocycles. The molecule has 33 heavy (non-hydrogen) atoms. The summed E-state index contributed by atoms with van der Waals surface area (Å²) in [7, 11) is 0. The van der Waals surface area contributed by atoms with Crippen LogP contribution >= 0.6 is 0 Å². The van der Waals surface area contributed by atoms with Crippen LogP contribution in [-0.2, 0) is 0 Å². The SMILES string of the molecule is C[C@@H]1CCCN(c2ncc(-c3cccnc3)c([C@H]3CCCN(C(=O)c4ccccn4)C3)n2)C1. The highest BCUT2D eigenvalue weighted by Gasteiger charge is 2.30. The number of carbonyl (C=O) groups excluding carboxylic acids is 1. The Kier molecular flexibility index (Phi) is 6.28. The molecule has 7 heteroatoms. The molecule has 0 N–H and O–H groups in total. The molecule has 0 spiro atoms. The molecule has 2 aliphatic heterocycles. The summed E-state index contributed by atoms with van der Waals surface area (Å²) in [5.74, 6) is 1.58. The zero-order chi connectivity index (χ0) is 22.6. The molecule has 5 rings (SSSR count). The van der Waals surface area contributed by atoms with Crippen molar-refractivity contribution in [2.75, 3.05) is 31.1 Å². The van der Waals surface area contributed by atoms with Crippen LogP contribution < -0.4 is 4.90 Å². The highest BCUT2D eigenvalue weighted by atomic mass is 16.2. The largest absolute Gasteiger partial charge is 0.341 e. The van der Waals surface area contributed by atoms with Gasteiger partial charge in [-0.1, -0.05) is 19.1 Å². The highest BCUT2D eigenvalue weighted by Crippen LogP contribution is 2.34. The Hall–Kier alpha value is -3.35. The fourth-order valence-corrected chi connectivity index (χ4v) is 5.00. The fraction of sp³-hybridized carbons (Fsp3) is 0.423. The topological polar surface area (TPSA) is 75.1 Å². The van der Waals surface area contributed by atoms with Crippen LogP contribution in [0.4, 0.5) is 5.95 Å². The van der Waals surface area contributed by atoms with Gasteiger partial charge in [0.15, 0.2) is 0 Å². The maximum Gasteiger partial charge on any atom is 0.272 e. The van der Waals surface area contributed by atoms with Crippen molar-refractivity contribution in [3.05, 3.63) is 66.5 Å². The van der Waals surface area contributed by atoms with Crippen LogP contribution in [0.2, 0.25) is 0 Å². The molecular formula is C26H30N6O. The van der Waals surface area contributed by atoms with Crippen LogP contribution in [-0.4, -0.2) is 56.9 Å². The first-order chi connectivity index (χ1) is 16.2. The van der Waals surface area contributed by atoms with Crippen molar-refractivity contribution >= 4 is 11.9 Å². The lowest BCUT2D eigenvalue weighted by atomic mass is 9.90. The van der Waals surface area contributed by atoms with Crippen LogP contribution in [0.5, 0.6) is 0 Å². The van der Waals surface area contributed by atoms with Crippen molar-refractivity contribution in [1.29, 1.82) is 0 Å². The Morgan fingerprint density at radius 2 is 1.88 bits per heavy atom. The number of pyridine rings is 2. The second-order valence-corrected chi connectivity index (χ2v) is 9.21. The second kappa shape index (κ2) is 9.65.